The molecule has 2 atom stereocenters. The van der Waals surface area contributed by atoms with E-state index in [-0.39, 0.29) is 11.9 Å². The summed E-state index contributed by atoms with van der Waals surface area (Å²) in [6.45, 7) is 4.09. The molecule has 1 aromatic rings. The molecule has 0 spiro atoms. The monoisotopic (exact) mass is 242 g/mol. The molecule has 1 unspecified atom stereocenters. The number of aliphatic hydroxyl groups excluding tert-OH is 1. The third-order valence-electron chi connectivity index (χ3n) is 2.48. The molecule has 0 bridgehead atoms. The maximum atomic E-state index is 13.1. The van der Waals surface area contributed by atoms with Crippen LogP contribution in [0.3, 0.4) is 0 Å². The Hall–Kier alpha value is -1.13. The van der Waals surface area contributed by atoms with Gasteiger partial charge in [-0.05, 0) is 26.0 Å². The van der Waals surface area contributed by atoms with Crippen LogP contribution in [0.4, 0.5) is 4.39 Å². The van der Waals surface area contributed by atoms with Crippen molar-refractivity contribution in [1.29, 1.82) is 0 Å². The zero-order valence-corrected chi connectivity index (χ0v) is 10.4. The molecule has 0 aromatic heterocycles. The van der Waals surface area contributed by atoms with Crippen molar-refractivity contribution < 1.29 is 19.0 Å². The second kappa shape index (κ2) is 6.57. The second-order valence-electron chi connectivity index (χ2n) is 4.07. The van der Waals surface area contributed by atoms with Gasteiger partial charge in [0.05, 0.1) is 12.2 Å². The van der Waals surface area contributed by atoms with E-state index >= 15 is 0 Å². The molecular weight excluding hydrogens is 223 g/mol. The number of hydrogen-bond donors (Lipinski definition) is 1. The van der Waals surface area contributed by atoms with Crippen LogP contribution >= 0.6 is 0 Å². The van der Waals surface area contributed by atoms with Crippen LogP contribution in [0, 0.1) is 5.82 Å². The highest BCUT2D eigenvalue weighted by atomic mass is 19.1. The molecule has 0 radical (unpaired) electrons. The van der Waals surface area contributed by atoms with Gasteiger partial charge in [0.1, 0.15) is 11.6 Å². The Balaban J connectivity index is 2.77. The van der Waals surface area contributed by atoms with Crippen LogP contribution in [0.1, 0.15) is 31.9 Å². The van der Waals surface area contributed by atoms with Gasteiger partial charge in [0.2, 0.25) is 0 Å². The smallest absolute Gasteiger partial charge is 0.128 e. The van der Waals surface area contributed by atoms with Gasteiger partial charge in [0.25, 0.3) is 0 Å². The van der Waals surface area contributed by atoms with Crippen molar-refractivity contribution in [1.82, 2.24) is 0 Å². The fraction of sp³-hybridized carbons (Fsp3) is 0.538. The van der Waals surface area contributed by atoms with Crippen molar-refractivity contribution in [3.63, 3.8) is 0 Å². The number of ether oxygens (including phenoxy) is 2. The van der Waals surface area contributed by atoms with E-state index in [1.165, 1.54) is 12.1 Å². The summed E-state index contributed by atoms with van der Waals surface area (Å²) >= 11 is 0. The molecule has 3 nitrogen and oxygen atoms in total. The normalized spacial score (nSPS) is 14.4. The molecule has 0 amide bonds. The van der Waals surface area contributed by atoms with Gasteiger partial charge in [-0.1, -0.05) is 0 Å². The van der Waals surface area contributed by atoms with Crippen molar-refractivity contribution in [3.05, 3.63) is 29.6 Å². The maximum absolute atomic E-state index is 13.1. The lowest BCUT2D eigenvalue weighted by Gasteiger charge is -2.18. The average molecular weight is 242 g/mol. The summed E-state index contributed by atoms with van der Waals surface area (Å²) in [7, 11) is 1.62. The summed E-state index contributed by atoms with van der Waals surface area (Å²) in [6.07, 6.45) is -0.0545. The van der Waals surface area contributed by atoms with Gasteiger partial charge in [-0.3, -0.25) is 0 Å². The molecule has 1 aromatic carbocycles. The van der Waals surface area contributed by atoms with Crippen LogP contribution in [0.2, 0.25) is 0 Å². The number of halogens is 1. The number of benzene rings is 1. The molecule has 0 heterocycles. The predicted octanol–water partition coefficient (Wildman–Crippen LogP) is 2.68. The van der Waals surface area contributed by atoms with Crippen molar-refractivity contribution in [2.24, 2.45) is 0 Å². The molecule has 0 aliphatic carbocycles. The Bertz CT molecular complexity index is 353. The Kier molecular flexibility index (Phi) is 5.38. The first-order valence-corrected chi connectivity index (χ1v) is 5.67. The molecule has 0 aliphatic heterocycles. The maximum Gasteiger partial charge on any atom is 0.128 e. The van der Waals surface area contributed by atoms with Gasteiger partial charge in [-0.2, -0.15) is 0 Å². The van der Waals surface area contributed by atoms with Crippen LogP contribution < -0.4 is 4.74 Å². The standard InChI is InChI=1S/C13H19FO3/c1-9(6-7-16-3)17-13-8-11(14)4-5-12(13)10(2)15/h4-5,8-10,15H,6-7H2,1-3H3/t9?,10-/m0/s1. The van der Waals surface area contributed by atoms with E-state index < -0.39 is 6.10 Å². The van der Waals surface area contributed by atoms with E-state index in [2.05, 4.69) is 0 Å². The van der Waals surface area contributed by atoms with Crippen LogP contribution in [0.25, 0.3) is 0 Å². The van der Waals surface area contributed by atoms with E-state index in [1.54, 1.807) is 20.1 Å². The number of methoxy groups -OCH3 is 1. The van der Waals surface area contributed by atoms with E-state index in [9.17, 15) is 9.50 Å². The highest BCUT2D eigenvalue weighted by Gasteiger charge is 2.13. The van der Waals surface area contributed by atoms with E-state index in [0.717, 1.165) is 0 Å². The van der Waals surface area contributed by atoms with Crippen molar-refractivity contribution in [3.8, 4) is 5.75 Å². The Labute approximate surface area is 101 Å². The van der Waals surface area contributed by atoms with Gasteiger partial charge in [-0.15, -0.1) is 0 Å². The lowest BCUT2D eigenvalue weighted by atomic mass is 10.1. The van der Waals surface area contributed by atoms with Crippen LogP contribution in [-0.4, -0.2) is 24.9 Å². The van der Waals surface area contributed by atoms with Gasteiger partial charge >= 0.3 is 0 Å². The van der Waals surface area contributed by atoms with Gasteiger partial charge < -0.3 is 14.6 Å². The number of rotatable bonds is 6. The van der Waals surface area contributed by atoms with Gasteiger partial charge in [0, 0.05) is 31.8 Å². The van der Waals surface area contributed by atoms with Gasteiger partial charge in [-0.25, -0.2) is 4.39 Å². The first kappa shape index (κ1) is 13.9. The van der Waals surface area contributed by atoms with Crippen molar-refractivity contribution >= 4 is 0 Å². The molecule has 0 saturated carbocycles. The summed E-state index contributed by atoms with van der Waals surface area (Å²) in [4.78, 5) is 0. The van der Waals surface area contributed by atoms with Gasteiger partial charge in [0.15, 0.2) is 0 Å². The molecule has 96 valence electrons. The number of hydrogen-bond acceptors (Lipinski definition) is 3. The highest BCUT2D eigenvalue weighted by molar-refractivity contribution is 5.35. The van der Waals surface area contributed by atoms with Crippen LogP contribution in [-0.2, 0) is 4.74 Å². The van der Waals surface area contributed by atoms with E-state index in [1.807, 2.05) is 6.92 Å². The largest absolute Gasteiger partial charge is 0.490 e. The predicted molar refractivity (Wildman–Crippen MR) is 63.6 cm³/mol. The minimum atomic E-state index is -0.680. The quantitative estimate of drug-likeness (QED) is 0.833. The first-order chi connectivity index (χ1) is 8.04. The molecule has 1 N–H and O–H groups in total. The zero-order valence-electron chi connectivity index (χ0n) is 10.4. The fourth-order valence-corrected chi connectivity index (χ4v) is 1.51. The minimum absolute atomic E-state index is 0.0887. The summed E-state index contributed by atoms with van der Waals surface area (Å²) in [5, 5.41) is 9.56. The Morgan fingerprint density at radius 2 is 2.06 bits per heavy atom. The summed E-state index contributed by atoms with van der Waals surface area (Å²) < 4.78 is 23.7. The summed E-state index contributed by atoms with van der Waals surface area (Å²) in [5.74, 6) is 0.0203. The SMILES string of the molecule is COCCC(C)Oc1cc(F)ccc1[C@H](C)O. The van der Waals surface area contributed by atoms with Crippen molar-refractivity contribution in [2.45, 2.75) is 32.5 Å². The zero-order chi connectivity index (χ0) is 12.8. The molecule has 0 fully saturated rings. The second-order valence-corrected chi connectivity index (χ2v) is 4.07. The van der Waals surface area contributed by atoms with Crippen LogP contribution in [0.5, 0.6) is 5.75 Å². The molecule has 4 heteroatoms. The highest BCUT2D eigenvalue weighted by Crippen LogP contribution is 2.27. The first-order valence-electron chi connectivity index (χ1n) is 5.67. The van der Waals surface area contributed by atoms with E-state index in [0.29, 0.717) is 24.3 Å². The lowest BCUT2D eigenvalue weighted by Crippen LogP contribution is -2.15. The molecule has 0 saturated heterocycles. The topological polar surface area (TPSA) is 38.7 Å². The molecule has 0 aliphatic rings. The molecule has 17 heavy (non-hydrogen) atoms. The fourth-order valence-electron chi connectivity index (χ4n) is 1.51. The molecule has 1 rings (SSSR count). The average Bonchev–Trinajstić information content (AvgIpc) is 2.26. The van der Waals surface area contributed by atoms with Crippen molar-refractivity contribution in [2.75, 3.05) is 13.7 Å². The van der Waals surface area contributed by atoms with E-state index in [4.69, 9.17) is 9.47 Å². The molecular formula is C13H19FO3. The Morgan fingerprint density at radius 1 is 1.35 bits per heavy atom. The third-order valence-corrected chi connectivity index (χ3v) is 2.48. The Morgan fingerprint density at radius 3 is 2.65 bits per heavy atom. The summed E-state index contributed by atoms with van der Waals surface area (Å²) in [5.41, 5.74) is 0.593. The third kappa shape index (κ3) is 4.32. The van der Waals surface area contributed by atoms with Crippen LogP contribution in [0.15, 0.2) is 18.2 Å². The summed E-state index contributed by atoms with van der Waals surface area (Å²) in [6, 6.07) is 4.15. The minimum Gasteiger partial charge on any atom is -0.490 e. The lowest BCUT2D eigenvalue weighted by molar-refractivity contribution is 0.129. The number of aliphatic hydroxyl groups is 1.